The third kappa shape index (κ3) is 6.48. The van der Waals surface area contributed by atoms with E-state index in [1.807, 2.05) is 18.0 Å². The van der Waals surface area contributed by atoms with Crippen molar-refractivity contribution in [1.82, 2.24) is 14.8 Å². The third-order valence-electron chi connectivity index (χ3n) is 6.24. The molecule has 0 saturated carbocycles. The zero-order valence-electron chi connectivity index (χ0n) is 20.6. The first kappa shape index (κ1) is 26.7. The number of nitrogens with one attached hydrogen (secondary N) is 1. The highest BCUT2D eigenvalue weighted by atomic mass is 19.4. The molecule has 1 aliphatic heterocycles. The van der Waals surface area contributed by atoms with E-state index in [1.165, 1.54) is 36.5 Å². The predicted molar refractivity (Wildman–Crippen MR) is 138 cm³/mol. The molecule has 0 atom stereocenters. The Morgan fingerprint density at radius 2 is 1.79 bits per heavy atom. The summed E-state index contributed by atoms with van der Waals surface area (Å²) < 4.78 is 41.7. The van der Waals surface area contributed by atoms with Crippen LogP contribution < -0.4 is 11.1 Å². The minimum atomic E-state index is -4.58. The monoisotopic (exact) mass is 518 g/mol. The van der Waals surface area contributed by atoms with E-state index in [4.69, 9.17) is 5.73 Å². The first-order valence-electron chi connectivity index (χ1n) is 11.8. The summed E-state index contributed by atoms with van der Waals surface area (Å²) in [6.07, 6.45) is -3.05. The van der Waals surface area contributed by atoms with Gasteiger partial charge in [0.2, 0.25) is 0 Å². The number of nitrogen functional groups attached to an aromatic ring is 1. The molecular weight excluding hydrogens is 493 g/mol. The number of anilines is 2. The van der Waals surface area contributed by atoms with Crippen molar-refractivity contribution in [1.29, 1.82) is 5.26 Å². The van der Waals surface area contributed by atoms with Gasteiger partial charge in [-0.05, 0) is 55.1 Å². The number of carbonyl (C=O) groups is 1. The second kappa shape index (κ2) is 11.3. The van der Waals surface area contributed by atoms with Gasteiger partial charge in [-0.25, -0.2) is 4.98 Å². The van der Waals surface area contributed by atoms with E-state index in [-0.39, 0.29) is 40.3 Å². The third-order valence-corrected chi connectivity index (χ3v) is 6.24. The van der Waals surface area contributed by atoms with Gasteiger partial charge in [0.1, 0.15) is 11.9 Å². The van der Waals surface area contributed by atoms with Gasteiger partial charge in [0.05, 0.1) is 16.7 Å². The smallest absolute Gasteiger partial charge is 0.383 e. The topological polar surface area (TPSA) is 98.3 Å². The summed E-state index contributed by atoms with van der Waals surface area (Å²) in [4.78, 5) is 21.0. The highest BCUT2D eigenvalue weighted by Gasteiger charge is 2.34. The molecule has 0 spiro atoms. The number of hydrogen-bond acceptors (Lipinski definition) is 6. The molecule has 3 N–H and O–H groups in total. The Labute approximate surface area is 218 Å². The lowest BCUT2D eigenvalue weighted by Gasteiger charge is -2.33. The van der Waals surface area contributed by atoms with Gasteiger partial charge in [-0.1, -0.05) is 17.9 Å². The largest absolute Gasteiger partial charge is 0.416 e. The molecule has 10 heteroatoms. The molecular formula is C28H25F3N6O. The molecule has 0 aliphatic carbocycles. The van der Waals surface area contributed by atoms with Crippen molar-refractivity contribution in [3.8, 4) is 17.9 Å². The van der Waals surface area contributed by atoms with Crippen molar-refractivity contribution in [3.63, 3.8) is 0 Å². The fourth-order valence-electron chi connectivity index (χ4n) is 4.05. The number of carbonyl (C=O) groups excluding carboxylic acids is 1. The number of hydrogen-bond donors (Lipinski definition) is 2. The molecule has 2 heterocycles. The number of nitriles is 1. The summed E-state index contributed by atoms with van der Waals surface area (Å²) >= 11 is 0. The first-order chi connectivity index (χ1) is 18.1. The van der Waals surface area contributed by atoms with Gasteiger partial charge in [-0.2, -0.15) is 18.4 Å². The van der Waals surface area contributed by atoms with Gasteiger partial charge in [0.15, 0.2) is 0 Å². The number of nitrogens with two attached hydrogens (primary N) is 1. The molecule has 2 aromatic carbocycles. The Kier molecular flexibility index (Phi) is 7.96. The number of nitrogens with zero attached hydrogens (tertiary/aromatic N) is 4. The van der Waals surface area contributed by atoms with Gasteiger partial charge < -0.3 is 16.0 Å². The van der Waals surface area contributed by atoms with Crippen LogP contribution in [-0.4, -0.2) is 53.9 Å². The second-order valence-corrected chi connectivity index (χ2v) is 8.96. The molecule has 0 radical (unpaired) electrons. The van der Waals surface area contributed by atoms with Crippen LogP contribution in [0, 0.1) is 23.2 Å². The first-order valence-corrected chi connectivity index (χ1v) is 11.8. The van der Waals surface area contributed by atoms with E-state index in [2.05, 4.69) is 27.0 Å². The van der Waals surface area contributed by atoms with Crippen LogP contribution >= 0.6 is 0 Å². The Morgan fingerprint density at radius 1 is 1.05 bits per heavy atom. The zero-order valence-corrected chi connectivity index (χ0v) is 20.6. The molecule has 1 aromatic heterocycles. The van der Waals surface area contributed by atoms with Crippen LogP contribution in [0.5, 0.6) is 0 Å². The zero-order chi connectivity index (χ0) is 27.3. The predicted octanol–water partition coefficient (Wildman–Crippen LogP) is 3.95. The van der Waals surface area contributed by atoms with Crippen LogP contribution in [0.2, 0.25) is 0 Å². The summed E-state index contributed by atoms with van der Waals surface area (Å²) in [7, 11) is 1.98. The van der Waals surface area contributed by atoms with Gasteiger partial charge >= 0.3 is 6.18 Å². The van der Waals surface area contributed by atoms with Crippen LogP contribution in [-0.2, 0) is 12.7 Å². The van der Waals surface area contributed by atoms with Crippen molar-refractivity contribution in [2.24, 2.45) is 0 Å². The van der Waals surface area contributed by atoms with Crippen molar-refractivity contribution < 1.29 is 18.0 Å². The number of aromatic nitrogens is 1. The molecule has 194 valence electrons. The lowest BCUT2D eigenvalue weighted by molar-refractivity contribution is -0.138. The minimum absolute atomic E-state index is 0.0181. The SMILES string of the molecule is CN1CCN(Cc2ccc(NC(=O)c3ccc(C#N)c(C#Cc4cccnc4N)c3)cc2C(F)(F)F)CC1. The molecule has 38 heavy (non-hydrogen) atoms. The Morgan fingerprint density at radius 3 is 2.47 bits per heavy atom. The van der Waals surface area contributed by atoms with Crippen molar-refractivity contribution in [2.45, 2.75) is 12.7 Å². The molecule has 1 amide bonds. The average molecular weight is 519 g/mol. The van der Waals surface area contributed by atoms with Crippen molar-refractivity contribution in [3.05, 3.63) is 88.1 Å². The van der Waals surface area contributed by atoms with Crippen LogP contribution in [0.15, 0.2) is 54.7 Å². The second-order valence-electron chi connectivity index (χ2n) is 8.96. The maximum Gasteiger partial charge on any atom is 0.416 e. The van der Waals surface area contributed by atoms with Crippen LogP contribution in [0.4, 0.5) is 24.7 Å². The molecule has 3 aromatic rings. The normalized spacial score (nSPS) is 14.3. The van der Waals surface area contributed by atoms with E-state index in [0.29, 0.717) is 18.7 Å². The van der Waals surface area contributed by atoms with E-state index in [1.54, 1.807) is 12.1 Å². The number of amides is 1. The maximum absolute atomic E-state index is 13.9. The number of halogens is 3. The lowest BCUT2D eigenvalue weighted by Crippen LogP contribution is -2.44. The summed E-state index contributed by atoms with van der Waals surface area (Å²) in [6, 6.07) is 13.5. The van der Waals surface area contributed by atoms with Crippen LogP contribution in [0.25, 0.3) is 0 Å². The number of benzene rings is 2. The van der Waals surface area contributed by atoms with Crippen LogP contribution in [0.1, 0.15) is 38.2 Å². The number of likely N-dealkylation sites (N-methyl/N-ethyl adjacent to an activating group) is 1. The number of piperazine rings is 1. The molecule has 7 nitrogen and oxygen atoms in total. The Bertz CT molecular complexity index is 1440. The lowest BCUT2D eigenvalue weighted by atomic mass is 10.0. The highest BCUT2D eigenvalue weighted by molar-refractivity contribution is 6.04. The number of alkyl halides is 3. The molecule has 0 unspecified atom stereocenters. The number of pyridine rings is 1. The standard InChI is InChI=1S/C28H25F3N6O/c1-36-11-13-37(14-12-36)18-23-8-9-24(16-25(23)28(29,30)31)35-27(38)21-6-7-22(17-32)20(15-21)5-4-19-3-2-10-34-26(19)33/h2-3,6-10,15-16H,11-14,18H2,1H3,(H2,33,34)(H,35,38). The summed E-state index contributed by atoms with van der Waals surface area (Å²) in [5.74, 6) is 5.26. The number of rotatable bonds is 4. The van der Waals surface area contributed by atoms with E-state index in [9.17, 15) is 23.2 Å². The average Bonchev–Trinajstić information content (AvgIpc) is 2.89. The van der Waals surface area contributed by atoms with Crippen LogP contribution in [0.3, 0.4) is 0 Å². The highest BCUT2D eigenvalue weighted by Crippen LogP contribution is 2.34. The van der Waals surface area contributed by atoms with E-state index in [0.717, 1.165) is 19.2 Å². The van der Waals surface area contributed by atoms with Gasteiger partial charge in [0.25, 0.3) is 5.91 Å². The molecule has 4 rings (SSSR count). The maximum atomic E-state index is 13.9. The molecule has 1 saturated heterocycles. The summed E-state index contributed by atoms with van der Waals surface area (Å²) in [5, 5.41) is 12.0. The van der Waals surface area contributed by atoms with Gasteiger partial charge in [0, 0.05) is 55.7 Å². The summed E-state index contributed by atoms with van der Waals surface area (Å²) in [6.45, 7) is 3.13. The Balaban J connectivity index is 1.56. The minimum Gasteiger partial charge on any atom is -0.383 e. The molecule has 0 bridgehead atoms. The molecule has 1 fully saturated rings. The fourth-order valence-corrected chi connectivity index (χ4v) is 4.05. The van der Waals surface area contributed by atoms with Crippen molar-refractivity contribution >= 4 is 17.4 Å². The van der Waals surface area contributed by atoms with Gasteiger partial charge in [-0.15, -0.1) is 0 Å². The van der Waals surface area contributed by atoms with Crippen molar-refractivity contribution in [2.75, 3.05) is 44.3 Å². The quantitative estimate of drug-likeness (QED) is 0.508. The van der Waals surface area contributed by atoms with Gasteiger partial charge in [-0.3, -0.25) is 9.69 Å². The fraction of sp³-hybridized carbons (Fsp3) is 0.250. The van der Waals surface area contributed by atoms with E-state index < -0.39 is 17.6 Å². The van der Waals surface area contributed by atoms with E-state index >= 15 is 0 Å². The Hall–Kier alpha value is -4.38. The molecule has 1 aliphatic rings. The summed E-state index contributed by atoms with van der Waals surface area (Å²) in [5.41, 5.74) is 6.32.